The summed E-state index contributed by atoms with van der Waals surface area (Å²) in [7, 11) is 0. The summed E-state index contributed by atoms with van der Waals surface area (Å²) in [5.74, 6) is 0.615. The highest BCUT2D eigenvalue weighted by Gasteiger charge is 2.59. The number of fused-ring (bicyclic) bond motifs is 1. The lowest BCUT2D eigenvalue weighted by atomic mass is 9.57. The molecule has 0 amide bonds. The molecular weight excluding hydrogens is 264 g/mol. The van der Waals surface area contributed by atoms with E-state index in [-0.39, 0.29) is 5.41 Å². The number of benzene rings is 1. The summed E-state index contributed by atoms with van der Waals surface area (Å²) in [6, 6.07) is 8.68. The van der Waals surface area contributed by atoms with E-state index in [9.17, 15) is 0 Å². The van der Waals surface area contributed by atoms with Gasteiger partial charge >= 0.3 is 0 Å². The number of rotatable bonds is 3. The Kier molecular flexibility index (Phi) is 2.79. The van der Waals surface area contributed by atoms with Crippen LogP contribution in [0.5, 0.6) is 0 Å². The van der Waals surface area contributed by atoms with Crippen LogP contribution in [0.4, 0.5) is 5.69 Å². The van der Waals surface area contributed by atoms with Crippen molar-refractivity contribution < 1.29 is 4.74 Å². The van der Waals surface area contributed by atoms with Crippen molar-refractivity contribution in [3.05, 3.63) is 36.7 Å². The van der Waals surface area contributed by atoms with Crippen molar-refractivity contribution in [2.24, 2.45) is 11.3 Å². The van der Waals surface area contributed by atoms with Gasteiger partial charge in [-0.2, -0.15) is 0 Å². The van der Waals surface area contributed by atoms with Gasteiger partial charge in [-0.05, 0) is 18.6 Å². The number of anilines is 1. The highest BCUT2D eigenvalue weighted by molar-refractivity contribution is 5.61. The minimum atomic E-state index is 0.163. The lowest BCUT2D eigenvalue weighted by molar-refractivity contribution is -0.0923. The number of hydrogen-bond acceptors (Lipinski definition) is 4. The van der Waals surface area contributed by atoms with Crippen LogP contribution in [0.2, 0.25) is 0 Å². The zero-order valence-electron chi connectivity index (χ0n) is 12.4. The summed E-state index contributed by atoms with van der Waals surface area (Å²) in [5, 5.41) is 11.7. The molecule has 1 aromatic carbocycles. The second-order valence-corrected chi connectivity index (χ2v) is 6.55. The number of nitrogens with zero attached hydrogens (tertiary/aromatic N) is 3. The average molecular weight is 284 g/mol. The molecule has 2 aliphatic rings. The molecule has 0 bridgehead atoms. The van der Waals surface area contributed by atoms with E-state index in [0.29, 0.717) is 18.1 Å². The smallest absolute Gasteiger partial charge is 0.0894 e. The van der Waals surface area contributed by atoms with Gasteiger partial charge in [0.1, 0.15) is 0 Å². The maximum Gasteiger partial charge on any atom is 0.0894 e. The number of para-hydroxylation sites is 2. The van der Waals surface area contributed by atoms with Crippen LogP contribution in [0, 0.1) is 11.3 Å². The lowest BCUT2D eigenvalue weighted by Crippen LogP contribution is -2.63. The largest absolute Gasteiger partial charge is 0.380 e. The molecule has 0 radical (unpaired) electrons. The van der Waals surface area contributed by atoms with Gasteiger partial charge in [0.05, 0.1) is 29.9 Å². The van der Waals surface area contributed by atoms with Gasteiger partial charge in [0.25, 0.3) is 0 Å². The van der Waals surface area contributed by atoms with E-state index in [1.165, 1.54) is 0 Å². The standard InChI is InChI=1S/C16H20N4O/c1-16(2)14(11-7-10-21-15(11)16)18-12-5-3-4-6-13(12)20-9-8-17-19-20/h3-6,8-9,11,14-15,18H,7,10H2,1-2H3. The molecule has 0 spiro atoms. The summed E-state index contributed by atoms with van der Waals surface area (Å²) < 4.78 is 7.67. The molecule has 2 fully saturated rings. The molecule has 2 heterocycles. The van der Waals surface area contributed by atoms with Crippen molar-refractivity contribution in [2.45, 2.75) is 32.4 Å². The van der Waals surface area contributed by atoms with Gasteiger partial charge in [-0.1, -0.05) is 31.2 Å². The van der Waals surface area contributed by atoms with Crippen molar-refractivity contribution >= 4 is 5.69 Å². The lowest BCUT2D eigenvalue weighted by Gasteiger charge is -2.55. The zero-order chi connectivity index (χ0) is 14.4. The van der Waals surface area contributed by atoms with Crippen molar-refractivity contribution in [3.8, 4) is 5.69 Å². The Morgan fingerprint density at radius 3 is 3.00 bits per heavy atom. The van der Waals surface area contributed by atoms with E-state index in [0.717, 1.165) is 24.4 Å². The van der Waals surface area contributed by atoms with Gasteiger partial charge in [-0.15, -0.1) is 5.10 Å². The summed E-state index contributed by atoms with van der Waals surface area (Å²) in [6.45, 7) is 5.46. The molecule has 5 nitrogen and oxygen atoms in total. The molecule has 3 atom stereocenters. The van der Waals surface area contributed by atoms with Gasteiger partial charge < -0.3 is 10.1 Å². The molecule has 110 valence electrons. The fraction of sp³-hybridized carbons (Fsp3) is 0.500. The Bertz CT molecular complexity index is 637. The first-order valence-corrected chi connectivity index (χ1v) is 7.52. The molecule has 1 aromatic heterocycles. The van der Waals surface area contributed by atoms with Crippen LogP contribution in [0.1, 0.15) is 20.3 Å². The summed E-state index contributed by atoms with van der Waals surface area (Å²) >= 11 is 0. The molecule has 1 aliphatic heterocycles. The fourth-order valence-corrected chi connectivity index (χ4v) is 3.92. The van der Waals surface area contributed by atoms with Crippen LogP contribution in [-0.4, -0.2) is 33.7 Å². The number of aromatic nitrogens is 3. The molecule has 1 aliphatic carbocycles. The SMILES string of the molecule is CC1(C)C(Nc2ccccc2-n2ccnn2)C2CCOC21. The molecule has 1 saturated heterocycles. The number of hydrogen-bond donors (Lipinski definition) is 1. The molecule has 3 unspecified atom stereocenters. The third-order valence-corrected chi connectivity index (χ3v) is 4.98. The molecule has 1 N–H and O–H groups in total. The van der Waals surface area contributed by atoms with Gasteiger partial charge in [-0.3, -0.25) is 0 Å². The number of ether oxygens (including phenoxy) is 1. The summed E-state index contributed by atoms with van der Waals surface area (Å²) in [4.78, 5) is 0. The van der Waals surface area contributed by atoms with E-state index in [4.69, 9.17) is 4.74 Å². The number of nitrogens with one attached hydrogen (secondary N) is 1. The van der Waals surface area contributed by atoms with Crippen LogP contribution in [0.25, 0.3) is 5.69 Å². The van der Waals surface area contributed by atoms with E-state index < -0.39 is 0 Å². The molecule has 4 rings (SSSR count). The van der Waals surface area contributed by atoms with E-state index in [1.54, 1.807) is 10.9 Å². The molecular formula is C16H20N4O. The Labute approximate surface area is 124 Å². The highest BCUT2D eigenvalue weighted by Crippen LogP contribution is 2.53. The Morgan fingerprint density at radius 1 is 1.33 bits per heavy atom. The van der Waals surface area contributed by atoms with E-state index in [2.05, 4.69) is 47.7 Å². The van der Waals surface area contributed by atoms with Crippen LogP contribution in [0.15, 0.2) is 36.7 Å². The first-order chi connectivity index (χ1) is 10.2. The fourth-order valence-electron chi connectivity index (χ4n) is 3.92. The predicted octanol–water partition coefficient (Wildman–Crippen LogP) is 2.49. The van der Waals surface area contributed by atoms with Crippen molar-refractivity contribution in [3.63, 3.8) is 0 Å². The quantitative estimate of drug-likeness (QED) is 0.941. The van der Waals surface area contributed by atoms with Gasteiger partial charge in [0.2, 0.25) is 0 Å². The summed E-state index contributed by atoms with van der Waals surface area (Å²) in [6.07, 6.45) is 5.12. The molecule has 5 heteroatoms. The Hall–Kier alpha value is -1.88. The normalized spacial score (nSPS) is 29.7. The minimum absolute atomic E-state index is 0.163. The topological polar surface area (TPSA) is 52.0 Å². The van der Waals surface area contributed by atoms with E-state index >= 15 is 0 Å². The monoisotopic (exact) mass is 284 g/mol. The van der Waals surface area contributed by atoms with E-state index in [1.807, 2.05) is 12.3 Å². The molecule has 21 heavy (non-hydrogen) atoms. The van der Waals surface area contributed by atoms with Crippen molar-refractivity contribution in [1.82, 2.24) is 15.0 Å². The van der Waals surface area contributed by atoms with Crippen molar-refractivity contribution in [1.29, 1.82) is 0 Å². The van der Waals surface area contributed by atoms with Gasteiger partial charge in [0.15, 0.2) is 0 Å². The molecule has 2 aromatic rings. The van der Waals surface area contributed by atoms with Crippen LogP contribution >= 0.6 is 0 Å². The van der Waals surface area contributed by atoms with Gasteiger partial charge in [-0.25, -0.2) is 4.68 Å². The zero-order valence-corrected chi connectivity index (χ0v) is 12.4. The first-order valence-electron chi connectivity index (χ1n) is 7.52. The Morgan fingerprint density at radius 2 is 2.19 bits per heavy atom. The van der Waals surface area contributed by atoms with Crippen LogP contribution in [-0.2, 0) is 4.74 Å². The minimum Gasteiger partial charge on any atom is -0.380 e. The third-order valence-electron chi connectivity index (χ3n) is 4.98. The second-order valence-electron chi connectivity index (χ2n) is 6.55. The summed E-state index contributed by atoms with van der Waals surface area (Å²) in [5.41, 5.74) is 2.30. The third kappa shape index (κ3) is 1.87. The Balaban J connectivity index is 1.64. The predicted molar refractivity (Wildman–Crippen MR) is 80.4 cm³/mol. The first kappa shape index (κ1) is 12.8. The van der Waals surface area contributed by atoms with Crippen LogP contribution < -0.4 is 5.32 Å². The van der Waals surface area contributed by atoms with Crippen molar-refractivity contribution in [2.75, 3.05) is 11.9 Å². The van der Waals surface area contributed by atoms with Gasteiger partial charge in [0, 0.05) is 24.0 Å². The average Bonchev–Trinajstić information content (AvgIpc) is 3.15. The highest BCUT2D eigenvalue weighted by atomic mass is 16.5. The second kappa shape index (κ2) is 4.56. The maximum absolute atomic E-state index is 5.87. The van der Waals surface area contributed by atoms with Crippen LogP contribution in [0.3, 0.4) is 0 Å². The molecule has 1 saturated carbocycles. The maximum atomic E-state index is 5.87.